The molecule has 0 heterocycles. The van der Waals surface area contributed by atoms with E-state index in [1.165, 1.54) is 32.4 Å². The zero-order valence-electron chi connectivity index (χ0n) is 12.0. The van der Waals surface area contributed by atoms with E-state index in [9.17, 15) is 8.42 Å². The van der Waals surface area contributed by atoms with Gasteiger partial charge in [0.05, 0.1) is 14.2 Å². The van der Waals surface area contributed by atoms with Crippen molar-refractivity contribution in [2.45, 2.75) is 11.8 Å². The second kappa shape index (κ2) is 6.05. The number of ether oxygens (including phenoxy) is 2. The lowest BCUT2D eigenvalue weighted by atomic mass is 10.2. The third kappa shape index (κ3) is 3.46. The van der Waals surface area contributed by atoms with E-state index >= 15 is 0 Å². The van der Waals surface area contributed by atoms with Gasteiger partial charge in [0.25, 0.3) is 0 Å². The molecule has 0 fully saturated rings. The summed E-state index contributed by atoms with van der Waals surface area (Å²) < 4.78 is 39.7. The molecule has 6 heteroatoms. The lowest BCUT2D eigenvalue weighted by Gasteiger charge is -2.11. The van der Waals surface area contributed by atoms with Crippen molar-refractivity contribution in [3.8, 4) is 17.2 Å². The van der Waals surface area contributed by atoms with Crippen LogP contribution in [0.2, 0.25) is 0 Å². The molecule has 5 nitrogen and oxygen atoms in total. The Balaban J connectivity index is 2.33. The van der Waals surface area contributed by atoms with E-state index < -0.39 is 10.1 Å². The molecule has 0 saturated carbocycles. The summed E-state index contributed by atoms with van der Waals surface area (Å²) in [6.07, 6.45) is 0. The molecule has 0 atom stereocenters. The van der Waals surface area contributed by atoms with Crippen LogP contribution in [0.1, 0.15) is 5.56 Å². The SMILES string of the molecule is COc1ccc(S(=O)(=O)Oc2ccc(C)cc2)cc1OC. The van der Waals surface area contributed by atoms with Gasteiger partial charge in [0.2, 0.25) is 0 Å². The van der Waals surface area contributed by atoms with Crippen molar-refractivity contribution in [2.75, 3.05) is 14.2 Å². The highest BCUT2D eigenvalue weighted by molar-refractivity contribution is 7.87. The Labute approximate surface area is 124 Å². The summed E-state index contributed by atoms with van der Waals surface area (Å²) >= 11 is 0. The first-order chi connectivity index (χ1) is 9.96. The molecule has 0 aliphatic heterocycles. The standard InChI is InChI=1S/C15H16O5S/c1-11-4-6-12(7-5-11)20-21(16,17)13-8-9-14(18-2)15(10-13)19-3/h4-10H,1-3H3. The van der Waals surface area contributed by atoms with Gasteiger partial charge in [-0.25, -0.2) is 0 Å². The van der Waals surface area contributed by atoms with Gasteiger partial charge in [0.1, 0.15) is 10.6 Å². The number of rotatable bonds is 5. The van der Waals surface area contributed by atoms with Crippen LogP contribution in [-0.4, -0.2) is 22.6 Å². The van der Waals surface area contributed by atoms with E-state index in [1.54, 1.807) is 24.3 Å². The lowest BCUT2D eigenvalue weighted by molar-refractivity contribution is 0.353. The average Bonchev–Trinajstić information content (AvgIpc) is 2.48. The summed E-state index contributed by atoms with van der Waals surface area (Å²) in [5.41, 5.74) is 1.02. The van der Waals surface area contributed by atoms with E-state index in [0.717, 1.165) is 5.56 Å². The van der Waals surface area contributed by atoms with Gasteiger partial charge < -0.3 is 13.7 Å². The molecule has 112 valence electrons. The van der Waals surface area contributed by atoms with E-state index in [1.807, 2.05) is 6.92 Å². The van der Waals surface area contributed by atoms with Crippen LogP contribution >= 0.6 is 0 Å². The van der Waals surface area contributed by atoms with Crippen molar-refractivity contribution in [3.05, 3.63) is 48.0 Å². The van der Waals surface area contributed by atoms with E-state index in [-0.39, 0.29) is 10.6 Å². The van der Waals surface area contributed by atoms with Crippen molar-refractivity contribution in [1.82, 2.24) is 0 Å². The number of hydrogen-bond acceptors (Lipinski definition) is 5. The Bertz CT molecular complexity index is 720. The molecule has 0 amide bonds. The van der Waals surface area contributed by atoms with Crippen LogP contribution in [0, 0.1) is 6.92 Å². The second-order valence-electron chi connectivity index (χ2n) is 4.37. The normalized spacial score (nSPS) is 11.0. The first kappa shape index (κ1) is 15.2. The van der Waals surface area contributed by atoms with Gasteiger partial charge in [-0.15, -0.1) is 0 Å². The molecule has 0 N–H and O–H groups in total. The van der Waals surface area contributed by atoms with Crippen molar-refractivity contribution in [1.29, 1.82) is 0 Å². The molecular weight excluding hydrogens is 292 g/mol. The van der Waals surface area contributed by atoms with Crippen LogP contribution in [0.3, 0.4) is 0 Å². The maximum Gasteiger partial charge on any atom is 0.339 e. The molecule has 2 aromatic rings. The topological polar surface area (TPSA) is 61.8 Å². The molecule has 0 aliphatic carbocycles. The van der Waals surface area contributed by atoms with Crippen molar-refractivity contribution in [3.63, 3.8) is 0 Å². The first-order valence-electron chi connectivity index (χ1n) is 6.19. The second-order valence-corrected chi connectivity index (χ2v) is 5.91. The summed E-state index contributed by atoms with van der Waals surface area (Å²) in [5.74, 6) is 1.04. The van der Waals surface area contributed by atoms with Crippen LogP contribution in [0.5, 0.6) is 17.2 Å². The van der Waals surface area contributed by atoms with Crippen molar-refractivity contribution < 1.29 is 22.1 Å². The summed E-state index contributed by atoms with van der Waals surface area (Å²) in [6, 6.07) is 11.1. The molecular formula is C15H16O5S. The molecule has 0 spiro atoms. The van der Waals surface area contributed by atoms with Gasteiger partial charge in [-0.3, -0.25) is 0 Å². The van der Waals surface area contributed by atoms with E-state index in [4.69, 9.17) is 13.7 Å². The average molecular weight is 308 g/mol. The summed E-state index contributed by atoms with van der Waals surface area (Å²) in [5, 5.41) is 0. The van der Waals surface area contributed by atoms with Crippen LogP contribution in [-0.2, 0) is 10.1 Å². The molecule has 21 heavy (non-hydrogen) atoms. The Morgan fingerprint density at radius 3 is 2.05 bits per heavy atom. The number of aryl methyl sites for hydroxylation is 1. The lowest BCUT2D eigenvalue weighted by Crippen LogP contribution is -2.10. The molecule has 0 radical (unpaired) electrons. The summed E-state index contributed by atoms with van der Waals surface area (Å²) in [4.78, 5) is 0.000671. The Morgan fingerprint density at radius 2 is 1.48 bits per heavy atom. The Kier molecular flexibility index (Phi) is 4.37. The maximum absolute atomic E-state index is 12.2. The van der Waals surface area contributed by atoms with Gasteiger partial charge in [-0.2, -0.15) is 8.42 Å². The van der Waals surface area contributed by atoms with Crippen LogP contribution in [0.4, 0.5) is 0 Å². The minimum absolute atomic E-state index is 0.000671. The van der Waals surface area contributed by atoms with Gasteiger partial charge in [-0.05, 0) is 31.2 Å². The van der Waals surface area contributed by atoms with Gasteiger partial charge in [0.15, 0.2) is 11.5 Å². The third-order valence-corrected chi connectivity index (χ3v) is 4.11. The molecule has 0 bridgehead atoms. The largest absolute Gasteiger partial charge is 0.493 e. The Hall–Kier alpha value is -2.21. The van der Waals surface area contributed by atoms with Gasteiger partial charge >= 0.3 is 10.1 Å². The minimum atomic E-state index is -3.92. The predicted octanol–water partition coefficient (Wildman–Crippen LogP) is 2.78. The highest BCUT2D eigenvalue weighted by Crippen LogP contribution is 2.30. The fourth-order valence-corrected chi connectivity index (χ4v) is 2.69. The highest BCUT2D eigenvalue weighted by atomic mass is 32.2. The fraction of sp³-hybridized carbons (Fsp3) is 0.200. The quantitative estimate of drug-likeness (QED) is 0.795. The molecule has 0 aliphatic rings. The van der Waals surface area contributed by atoms with Gasteiger partial charge in [-0.1, -0.05) is 17.7 Å². The smallest absolute Gasteiger partial charge is 0.339 e. The van der Waals surface area contributed by atoms with Crippen LogP contribution in [0.25, 0.3) is 0 Å². The molecule has 0 aromatic heterocycles. The number of benzene rings is 2. The van der Waals surface area contributed by atoms with Gasteiger partial charge in [0, 0.05) is 6.07 Å². The van der Waals surface area contributed by atoms with Crippen molar-refractivity contribution >= 4 is 10.1 Å². The number of hydrogen-bond donors (Lipinski definition) is 0. The van der Waals surface area contributed by atoms with E-state index in [2.05, 4.69) is 0 Å². The molecule has 2 aromatic carbocycles. The monoisotopic (exact) mass is 308 g/mol. The Morgan fingerprint density at radius 1 is 0.857 bits per heavy atom. The fourth-order valence-electron chi connectivity index (χ4n) is 1.74. The third-order valence-electron chi connectivity index (χ3n) is 2.87. The summed E-state index contributed by atoms with van der Waals surface area (Å²) in [6.45, 7) is 1.91. The zero-order chi connectivity index (χ0) is 15.5. The molecule has 0 unspecified atom stereocenters. The van der Waals surface area contributed by atoms with E-state index in [0.29, 0.717) is 11.5 Å². The molecule has 2 rings (SSSR count). The minimum Gasteiger partial charge on any atom is -0.493 e. The van der Waals surface area contributed by atoms with Crippen molar-refractivity contribution in [2.24, 2.45) is 0 Å². The molecule has 0 saturated heterocycles. The maximum atomic E-state index is 12.2. The highest BCUT2D eigenvalue weighted by Gasteiger charge is 2.19. The first-order valence-corrected chi connectivity index (χ1v) is 7.60. The van der Waals surface area contributed by atoms with Crippen LogP contribution in [0.15, 0.2) is 47.4 Å². The summed E-state index contributed by atoms with van der Waals surface area (Å²) in [7, 11) is -0.999. The zero-order valence-corrected chi connectivity index (χ0v) is 12.8. The van der Waals surface area contributed by atoms with Crippen LogP contribution < -0.4 is 13.7 Å². The number of methoxy groups -OCH3 is 2. The predicted molar refractivity (Wildman–Crippen MR) is 78.5 cm³/mol.